The van der Waals surface area contributed by atoms with Crippen molar-refractivity contribution in [2.45, 2.75) is 37.9 Å². The van der Waals surface area contributed by atoms with Gasteiger partial charge in [-0.25, -0.2) is 0 Å². The van der Waals surface area contributed by atoms with Crippen LogP contribution in [-0.4, -0.2) is 42.7 Å². The summed E-state index contributed by atoms with van der Waals surface area (Å²) in [5.74, 6) is -0.550. The van der Waals surface area contributed by atoms with Gasteiger partial charge in [0.25, 0.3) is 0 Å². The summed E-state index contributed by atoms with van der Waals surface area (Å²) in [5.41, 5.74) is 0. The van der Waals surface area contributed by atoms with Crippen molar-refractivity contribution < 1.29 is 18.0 Å². The molecule has 1 amide bonds. The van der Waals surface area contributed by atoms with Gasteiger partial charge < -0.3 is 5.32 Å². The number of rotatable bonds is 4. The first kappa shape index (κ1) is 14.8. The van der Waals surface area contributed by atoms with Crippen molar-refractivity contribution in [3.05, 3.63) is 0 Å². The molecule has 1 heterocycles. The molecule has 18 heavy (non-hydrogen) atoms. The molecule has 0 bridgehead atoms. The van der Waals surface area contributed by atoms with Crippen LogP contribution < -0.4 is 5.32 Å². The first-order chi connectivity index (χ1) is 8.40. The van der Waals surface area contributed by atoms with Gasteiger partial charge in [-0.15, -0.1) is 0 Å². The summed E-state index contributed by atoms with van der Waals surface area (Å²) in [6.45, 7) is 1.74. The molecule has 1 aliphatic heterocycles. The van der Waals surface area contributed by atoms with Gasteiger partial charge in [-0.2, -0.15) is 18.4 Å². The van der Waals surface area contributed by atoms with Crippen LogP contribution in [-0.2, 0) is 4.79 Å². The van der Waals surface area contributed by atoms with Crippen LogP contribution in [0.4, 0.5) is 13.2 Å². The summed E-state index contributed by atoms with van der Waals surface area (Å²) >= 11 is 0. The van der Waals surface area contributed by atoms with Gasteiger partial charge in [-0.05, 0) is 12.8 Å². The molecule has 1 fully saturated rings. The molecule has 1 aliphatic rings. The fourth-order valence-corrected chi connectivity index (χ4v) is 1.89. The molecule has 0 aromatic carbocycles. The third kappa shape index (κ3) is 5.87. The Hall–Kier alpha value is -1.29. The van der Waals surface area contributed by atoms with Crippen molar-refractivity contribution in [3.8, 4) is 6.07 Å². The maximum atomic E-state index is 11.9. The summed E-state index contributed by atoms with van der Waals surface area (Å²) < 4.78 is 35.7. The Bertz CT molecular complexity index is 316. The molecule has 0 spiro atoms. The average Bonchev–Trinajstić information content (AvgIpc) is 2.29. The van der Waals surface area contributed by atoms with Crippen LogP contribution in [0, 0.1) is 11.3 Å². The number of nitriles is 1. The molecule has 0 unspecified atom stereocenters. The molecule has 0 aliphatic carbocycles. The summed E-state index contributed by atoms with van der Waals surface area (Å²) in [6, 6.07) is 1.97. The third-order valence-corrected chi connectivity index (χ3v) is 2.88. The van der Waals surface area contributed by atoms with Crippen molar-refractivity contribution in [2.75, 3.05) is 19.6 Å². The fraction of sp³-hybridized carbons (Fsp3) is 0.818. The lowest BCUT2D eigenvalue weighted by Gasteiger charge is -2.30. The standard InChI is InChI=1S/C11H16F3N3O/c12-11(13,14)4-1-10(18)16-9-2-6-17(7-3-9)8-5-15/h9H,1-4,6-8H2,(H,16,18). The summed E-state index contributed by atoms with van der Waals surface area (Å²) in [5, 5.41) is 11.1. The molecule has 102 valence electrons. The quantitative estimate of drug-likeness (QED) is 0.781. The Kier molecular flexibility index (Phi) is 5.41. The lowest BCUT2D eigenvalue weighted by molar-refractivity contribution is -0.144. The normalized spacial score (nSPS) is 18.3. The predicted octanol–water partition coefficient (Wildman–Crippen LogP) is 1.43. The van der Waals surface area contributed by atoms with E-state index in [1.165, 1.54) is 0 Å². The van der Waals surface area contributed by atoms with Crippen LogP contribution in [0.2, 0.25) is 0 Å². The first-order valence-electron chi connectivity index (χ1n) is 5.86. The van der Waals surface area contributed by atoms with E-state index in [2.05, 4.69) is 5.32 Å². The topological polar surface area (TPSA) is 56.1 Å². The smallest absolute Gasteiger partial charge is 0.353 e. The van der Waals surface area contributed by atoms with E-state index in [0.29, 0.717) is 32.5 Å². The third-order valence-electron chi connectivity index (χ3n) is 2.88. The number of likely N-dealkylation sites (tertiary alicyclic amines) is 1. The van der Waals surface area contributed by atoms with E-state index in [0.717, 1.165) is 0 Å². The van der Waals surface area contributed by atoms with Crippen molar-refractivity contribution in [1.82, 2.24) is 10.2 Å². The van der Waals surface area contributed by atoms with Crippen molar-refractivity contribution in [1.29, 1.82) is 5.26 Å². The van der Waals surface area contributed by atoms with E-state index in [4.69, 9.17) is 5.26 Å². The number of carbonyl (C=O) groups excluding carboxylic acids is 1. The largest absolute Gasteiger partial charge is 0.389 e. The number of piperidine rings is 1. The zero-order valence-electron chi connectivity index (χ0n) is 9.96. The van der Waals surface area contributed by atoms with Gasteiger partial charge in [0.15, 0.2) is 0 Å². The maximum Gasteiger partial charge on any atom is 0.389 e. The van der Waals surface area contributed by atoms with Crippen LogP contribution in [0.15, 0.2) is 0 Å². The fourth-order valence-electron chi connectivity index (χ4n) is 1.89. The highest BCUT2D eigenvalue weighted by Gasteiger charge is 2.28. The van der Waals surface area contributed by atoms with Crippen molar-refractivity contribution in [3.63, 3.8) is 0 Å². The number of hydrogen-bond donors (Lipinski definition) is 1. The van der Waals surface area contributed by atoms with Crippen LogP contribution >= 0.6 is 0 Å². The van der Waals surface area contributed by atoms with Gasteiger partial charge in [0, 0.05) is 25.6 Å². The lowest BCUT2D eigenvalue weighted by atomic mass is 10.0. The zero-order chi connectivity index (χ0) is 13.6. The molecule has 4 nitrogen and oxygen atoms in total. The second kappa shape index (κ2) is 6.59. The molecule has 1 rings (SSSR count). The number of hydrogen-bond acceptors (Lipinski definition) is 3. The Morgan fingerprint density at radius 3 is 2.50 bits per heavy atom. The summed E-state index contributed by atoms with van der Waals surface area (Å²) in [4.78, 5) is 13.2. The zero-order valence-corrected chi connectivity index (χ0v) is 9.96. The SMILES string of the molecule is N#CCN1CCC(NC(=O)CCC(F)(F)F)CC1. The number of alkyl halides is 3. The number of nitrogens with zero attached hydrogens (tertiary/aromatic N) is 2. The Morgan fingerprint density at radius 1 is 1.39 bits per heavy atom. The Morgan fingerprint density at radius 2 is 2.00 bits per heavy atom. The highest BCUT2D eigenvalue weighted by Crippen LogP contribution is 2.21. The van der Waals surface area contributed by atoms with E-state index in [-0.39, 0.29) is 6.04 Å². The van der Waals surface area contributed by atoms with Crippen LogP contribution in [0.5, 0.6) is 0 Å². The van der Waals surface area contributed by atoms with Crippen molar-refractivity contribution >= 4 is 5.91 Å². The van der Waals surface area contributed by atoms with Crippen LogP contribution in [0.3, 0.4) is 0 Å². The summed E-state index contributed by atoms with van der Waals surface area (Å²) in [6.07, 6.45) is -4.51. The molecule has 7 heteroatoms. The molecule has 0 aromatic heterocycles. The molecule has 1 saturated heterocycles. The average molecular weight is 263 g/mol. The highest BCUT2D eigenvalue weighted by atomic mass is 19.4. The minimum absolute atomic E-state index is 0.0688. The van der Waals surface area contributed by atoms with E-state index < -0.39 is 24.9 Å². The Labute approximate surface area is 104 Å². The van der Waals surface area contributed by atoms with Gasteiger partial charge in [0.1, 0.15) is 0 Å². The van der Waals surface area contributed by atoms with Gasteiger partial charge >= 0.3 is 6.18 Å². The van der Waals surface area contributed by atoms with Gasteiger partial charge in [0.05, 0.1) is 19.0 Å². The highest BCUT2D eigenvalue weighted by molar-refractivity contribution is 5.76. The lowest BCUT2D eigenvalue weighted by Crippen LogP contribution is -2.44. The van der Waals surface area contributed by atoms with Crippen LogP contribution in [0.25, 0.3) is 0 Å². The number of amides is 1. The molecule has 0 radical (unpaired) electrons. The van der Waals surface area contributed by atoms with Gasteiger partial charge in [-0.3, -0.25) is 9.69 Å². The minimum atomic E-state index is -4.28. The number of halogens is 3. The monoisotopic (exact) mass is 263 g/mol. The molecule has 0 aromatic rings. The van der Waals surface area contributed by atoms with Gasteiger partial charge in [0.2, 0.25) is 5.91 Å². The summed E-state index contributed by atoms with van der Waals surface area (Å²) in [7, 11) is 0. The van der Waals surface area contributed by atoms with Crippen LogP contribution in [0.1, 0.15) is 25.7 Å². The molecule has 1 N–H and O–H groups in total. The molecule has 0 atom stereocenters. The minimum Gasteiger partial charge on any atom is -0.353 e. The van der Waals surface area contributed by atoms with Gasteiger partial charge in [-0.1, -0.05) is 0 Å². The van der Waals surface area contributed by atoms with E-state index in [1.807, 2.05) is 11.0 Å². The predicted molar refractivity (Wildman–Crippen MR) is 58.5 cm³/mol. The number of carbonyl (C=O) groups is 1. The van der Waals surface area contributed by atoms with E-state index in [9.17, 15) is 18.0 Å². The first-order valence-corrected chi connectivity index (χ1v) is 5.86. The number of nitrogens with one attached hydrogen (secondary N) is 1. The van der Waals surface area contributed by atoms with E-state index >= 15 is 0 Å². The maximum absolute atomic E-state index is 11.9. The van der Waals surface area contributed by atoms with E-state index in [1.54, 1.807) is 0 Å². The second-order valence-corrected chi connectivity index (χ2v) is 4.39. The second-order valence-electron chi connectivity index (χ2n) is 4.39. The van der Waals surface area contributed by atoms with Crippen molar-refractivity contribution in [2.24, 2.45) is 0 Å². The molecule has 0 saturated carbocycles. The molecular weight excluding hydrogens is 247 g/mol. The Balaban J connectivity index is 2.21. The molecular formula is C11H16F3N3O.